The van der Waals surface area contributed by atoms with Crippen molar-refractivity contribution in [3.05, 3.63) is 17.0 Å². The lowest BCUT2D eigenvalue weighted by Gasteiger charge is -2.32. The van der Waals surface area contributed by atoms with Gasteiger partial charge in [-0.25, -0.2) is 0 Å². The largest absolute Gasteiger partial charge is 0.373 e. The van der Waals surface area contributed by atoms with Crippen molar-refractivity contribution in [3.8, 4) is 0 Å². The first-order valence-electron chi connectivity index (χ1n) is 4.87. The summed E-state index contributed by atoms with van der Waals surface area (Å²) in [5.41, 5.74) is 1.56. The van der Waals surface area contributed by atoms with Gasteiger partial charge in [-0.05, 0) is 37.0 Å². The van der Waals surface area contributed by atoms with Gasteiger partial charge in [0.1, 0.15) is 0 Å². The minimum atomic E-state index is 0.721. The molecule has 0 bridgehead atoms. The topological polar surface area (TPSA) is 15.3 Å². The average molecular weight is 194 g/mol. The van der Waals surface area contributed by atoms with Gasteiger partial charge < -0.3 is 10.2 Å². The predicted molar refractivity (Wildman–Crippen MR) is 56.6 cm³/mol. The van der Waals surface area contributed by atoms with E-state index in [1.54, 1.807) is 5.56 Å². The molecule has 0 aliphatic carbocycles. The zero-order chi connectivity index (χ0) is 8.84. The molecule has 13 heavy (non-hydrogen) atoms. The first kappa shape index (κ1) is 7.83. The van der Waals surface area contributed by atoms with E-state index in [9.17, 15) is 0 Å². The highest BCUT2D eigenvalue weighted by Crippen LogP contribution is 2.42. The molecule has 0 amide bonds. The molecule has 3 heteroatoms. The molecule has 1 aromatic rings. The van der Waals surface area contributed by atoms with Crippen LogP contribution in [0.1, 0.15) is 17.9 Å². The number of nitrogens with one attached hydrogen (secondary N) is 1. The second-order valence-corrected chi connectivity index (χ2v) is 5.03. The highest BCUT2D eigenvalue weighted by Gasteiger charge is 2.36. The molecule has 2 unspecified atom stereocenters. The molecule has 0 aromatic carbocycles. The van der Waals surface area contributed by atoms with Crippen LogP contribution in [-0.4, -0.2) is 31.1 Å². The molecular formula is C10H14N2S. The minimum Gasteiger partial charge on any atom is -0.373 e. The van der Waals surface area contributed by atoms with Crippen LogP contribution in [0.2, 0.25) is 0 Å². The Bertz CT molecular complexity index is 320. The number of fused-ring (bicyclic) bond motifs is 3. The van der Waals surface area contributed by atoms with Crippen LogP contribution in [0.3, 0.4) is 0 Å². The lowest BCUT2D eigenvalue weighted by Crippen LogP contribution is -2.39. The zero-order valence-corrected chi connectivity index (χ0v) is 8.60. The molecule has 1 N–H and O–H groups in total. The van der Waals surface area contributed by atoms with Gasteiger partial charge in [0.15, 0.2) is 0 Å². The summed E-state index contributed by atoms with van der Waals surface area (Å²) in [6, 6.07) is 3.01. The molecule has 1 aromatic heterocycles. The average Bonchev–Trinajstić information content (AvgIpc) is 2.64. The van der Waals surface area contributed by atoms with Gasteiger partial charge in [-0.1, -0.05) is 0 Å². The van der Waals surface area contributed by atoms with Gasteiger partial charge in [-0.2, -0.15) is 0 Å². The van der Waals surface area contributed by atoms with Gasteiger partial charge in [0.25, 0.3) is 0 Å². The number of likely N-dealkylation sites (tertiary alicyclic amines) is 1. The minimum absolute atomic E-state index is 0.721. The van der Waals surface area contributed by atoms with Crippen molar-refractivity contribution in [2.24, 2.45) is 0 Å². The Balaban J connectivity index is 1.94. The molecule has 0 spiro atoms. The fraction of sp³-hybridized carbons (Fsp3) is 0.600. The van der Waals surface area contributed by atoms with E-state index in [-0.39, 0.29) is 0 Å². The maximum Gasteiger partial charge on any atom is 0.0921 e. The Morgan fingerprint density at radius 3 is 3.46 bits per heavy atom. The first-order chi connectivity index (χ1) is 6.34. The molecule has 2 aliphatic rings. The van der Waals surface area contributed by atoms with Crippen LogP contribution < -0.4 is 5.32 Å². The SMILES string of the molecule is CN1CCC2Nc3sccc3C2C1. The van der Waals surface area contributed by atoms with E-state index in [0.717, 1.165) is 12.0 Å². The lowest BCUT2D eigenvalue weighted by atomic mass is 9.91. The van der Waals surface area contributed by atoms with Crippen molar-refractivity contribution in [1.29, 1.82) is 0 Å². The summed E-state index contributed by atoms with van der Waals surface area (Å²) in [7, 11) is 2.22. The highest BCUT2D eigenvalue weighted by atomic mass is 32.1. The Morgan fingerprint density at radius 1 is 1.62 bits per heavy atom. The summed E-state index contributed by atoms with van der Waals surface area (Å²) >= 11 is 1.85. The van der Waals surface area contributed by atoms with Crippen LogP contribution in [0.25, 0.3) is 0 Å². The van der Waals surface area contributed by atoms with E-state index in [2.05, 4.69) is 28.7 Å². The molecule has 0 saturated carbocycles. The molecule has 3 heterocycles. The standard InChI is InChI=1S/C10H14N2S/c1-12-4-2-9-8(6-12)7-3-5-13-10(7)11-9/h3,5,8-9,11H,2,4,6H2,1H3. The van der Waals surface area contributed by atoms with E-state index in [4.69, 9.17) is 0 Å². The van der Waals surface area contributed by atoms with Crippen LogP contribution in [-0.2, 0) is 0 Å². The Hall–Kier alpha value is -0.540. The third-order valence-corrected chi connectivity index (χ3v) is 4.09. The highest BCUT2D eigenvalue weighted by molar-refractivity contribution is 7.14. The third-order valence-electron chi connectivity index (χ3n) is 3.23. The van der Waals surface area contributed by atoms with E-state index in [1.807, 2.05) is 11.3 Å². The molecule has 2 atom stereocenters. The van der Waals surface area contributed by atoms with E-state index in [0.29, 0.717) is 0 Å². The molecule has 70 valence electrons. The van der Waals surface area contributed by atoms with Crippen LogP contribution in [0.15, 0.2) is 11.4 Å². The lowest BCUT2D eigenvalue weighted by molar-refractivity contribution is 0.243. The number of hydrogen-bond acceptors (Lipinski definition) is 3. The summed E-state index contributed by atoms with van der Waals surface area (Å²) in [6.07, 6.45) is 1.29. The number of rotatable bonds is 0. The van der Waals surface area contributed by atoms with Crippen molar-refractivity contribution < 1.29 is 0 Å². The normalized spacial score (nSPS) is 32.4. The van der Waals surface area contributed by atoms with Crippen LogP contribution in [0, 0.1) is 0 Å². The van der Waals surface area contributed by atoms with Crippen LogP contribution in [0.5, 0.6) is 0 Å². The number of likely N-dealkylation sites (N-methyl/N-ethyl adjacent to an activating group) is 1. The third kappa shape index (κ3) is 1.11. The van der Waals surface area contributed by atoms with Gasteiger partial charge in [0, 0.05) is 18.5 Å². The number of anilines is 1. The molecule has 0 radical (unpaired) electrons. The van der Waals surface area contributed by atoms with Gasteiger partial charge in [0.2, 0.25) is 0 Å². The Labute approximate surface area is 82.6 Å². The van der Waals surface area contributed by atoms with E-state index < -0.39 is 0 Å². The number of hydrogen-bond donors (Lipinski definition) is 1. The monoisotopic (exact) mass is 194 g/mol. The summed E-state index contributed by atoms with van der Waals surface area (Å²) < 4.78 is 0. The molecule has 2 nitrogen and oxygen atoms in total. The molecule has 1 fully saturated rings. The van der Waals surface area contributed by atoms with Crippen molar-refractivity contribution in [1.82, 2.24) is 4.90 Å². The van der Waals surface area contributed by atoms with E-state index in [1.165, 1.54) is 24.5 Å². The van der Waals surface area contributed by atoms with Crippen molar-refractivity contribution in [2.75, 3.05) is 25.5 Å². The van der Waals surface area contributed by atoms with Gasteiger partial charge in [-0.3, -0.25) is 0 Å². The van der Waals surface area contributed by atoms with Gasteiger partial charge >= 0.3 is 0 Å². The second-order valence-electron chi connectivity index (χ2n) is 4.11. The number of piperidine rings is 1. The fourth-order valence-corrected chi connectivity index (χ4v) is 3.43. The molecule has 3 rings (SSSR count). The molecule has 2 aliphatic heterocycles. The smallest absolute Gasteiger partial charge is 0.0921 e. The summed E-state index contributed by atoms with van der Waals surface area (Å²) in [6.45, 7) is 2.46. The fourth-order valence-electron chi connectivity index (χ4n) is 2.50. The molecule has 1 saturated heterocycles. The Kier molecular flexibility index (Phi) is 1.64. The zero-order valence-electron chi connectivity index (χ0n) is 7.79. The second kappa shape index (κ2) is 2.72. The van der Waals surface area contributed by atoms with Crippen molar-refractivity contribution >= 4 is 16.3 Å². The predicted octanol–water partition coefficient (Wildman–Crippen LogP) is 1.96. The maximum atomic E-state index is 3.63. The maximum absolute atomic E-state index is 3.63. The summed E-state index contributed by atoms with van der Waals surface area (Å²) in [5, 5.41) is 7.25. The van der Waals surface area contributed by atoms with E-state index >= 15 is 0 Å². The summed E-state index contributed by atoms with van der Waals surface area (Å²) in [4.78, 5) is 2.44. The number of thiophene rings is 1. The van der Waals surface area contributed by atoms with Crippen molar-refractivity contribution in [3.63, 3.8) is 0 Å². The van der Waals surface area contributed by atoms with Crippen LogP contribution in [0.4, 0.5) is 5.00 Å². The quantitative estimate of drug-likeness (QED) is 0.679. The van der Waals surface area contributed by atoms with Gasteiger partial charge in [0.05, 0.1) is 5.00 Å². The van der Waals surface area contributed by atoms with Gasteiger partial charge in [-0.15, -0.1) is 11.3 Å². The first-order valence-corrected chi connectivity index (χ1v) is 5.75. The van der Waals surface area contributed by atoms with Crippen molar-refractivity contribution in [2.45, 2.75) is 18.4 Å². The number of nitrogens with zero attached hydrogens (tertiary/aromatic N) is 1. The van der Waals surface area contributed by atoms with Crippen LogP contribution >= 0.6 is 11.3 Å². The molecular weight excluding hydrogens is 180 g/mol. The summed E-state index contributed by atoms with van der Waals surface area (Å²) in [5.74, 6) is 0.750. The Morgan fingerprint density at radius 2 is 2.54 bits per heavy atom.